The van der Waals surface area contributed by atoms with Crippen molar-refractivity contribution >= 4 is 38.9 Å². The molecule has 1 unspecified atom stereocenters. The van der Waals surface area contributed by atoms with Crippen molar-refractivity contribution < 1.29 is 4.74 Å². The second-order valence-electron chi connectivity index (χ2n) is 4.90. The van der Waals surface area contributed by atoms with Gasteiger partial charge < -0.3 is 15.4 Å². The molecule has 0 aliphatic carbocycles. The molecule has 7 heteroatoms. The maximum absolute atomic E-state index is 5.65. The van der Waals surface area contributed by atoms with Crippen LogP contribution < -0.4 is 15.4 Å². The number of halogens is 1. The smallest absolute Gasteiger partial charge is 0.180 e. The van der Waals surface area contributed by atoms with Crippen LogP contribution in [0.4, 0.5) is 5.69 Å². The molecule has 2 N–H and O–H groups in total. The monoisotopic (exact) mass is 382 g/mol. The Balaban J connectivity index is 1.83. The molecule has 1 atom stereocenters. The summed E-state index contributed by atoms with van der Waals surface area (Å²) in [4.78, 5) is 0. The van der Waals surface area contributed by atoms with E-state index in [1.165, 1.54) is 0 Å². The van der Waals surface area contributed by atoms with E-state index in [0.717, 1.165) is 22.3 Å². The van der Waals surface area contributed by atoms with Crippen molar-refractivity contribution in [3.63, 3.8) is 0 Å². The van der Waals surface area contributed by atoms with Crippen LogP contribution in [-0.4, -0.2) is 20.9 Å². The molecule has 0 saturated carbocycles. The fourth-order valence-corrected chi connectivity index (χ4v) is 2.25. The van der Waals surface area contributed by atoms with Crippen LogP contribution in [0.2, 0.25) is 0 Å². The van der Waals surface area contributed by atoms with Gasteiger partial charge in [0.15, 0.2) is 11.8 Å². The summed E-state index contributed by atoms with van der Waals surface area (Å²) in [5.74, 6) is 0.794. The minimum absolute atomic E-state index is 0.342. The molecule has 2 aromatic rings. The molecular weight excluding hydrogens is 364 g/mol. The van der Waals surface area contributed by atoms with Crippen molar-refractivity contribution in [2.24, 2.45) is 0 Å². The second-order valence-corrected chi connectivity index (χ2v) is 6.23. The zero-order valence-corrected chi connectivity index (χ0v) is 14.9. The Kier molecular flexibility index (Phi) is 6.21. The average molecular weight is 383 g/mol. The Hall–Kier alpha value is -1.60. The van der Waals surface area contributed by atoms with Crippen LogP contribution in [0.15, 0.2) is 41.1 Å². The number of ether oxygens (including phenoxy) is 1. The molecule has 0 spiro atoms. The number of aromatic nitrogens is 2. The molecule has 1 aromatic carbocycles. The van der Waals surface area contributed by atoms with Gasteiger partial charge in [0.25, 0.3) is 0 Å². The zero-order valence-electron chi connectivity index (χ0n) is 12.5. The van der Waals surface area contributed by atoms with Gasteiger partial charge in [0, 0.05) is 10.5 Å². The number of nitrogens with one attached hydrogen (secondary N) is 2. The first-order valence-electron chi connectivity index (χ1n) is 7.05. The third-order valence-electron chi connectivity index (χ3n) is 3.06. The van der Waals surface area contributed by atoms with Gasteiger partial charge in [-0.1, -0.05) is 22.9 Å². The number of hydrogen-bond donors (Lipinski definition) is 2. The number of thiocarbonyl (C=S) groups is 1. The van der Waals surface area contributed by atoms with Crippen molar-refractivity contribution in [3.8, 4) is 5.75 Å². The van der Waals surface area contributed by atoms with E-state index >= 15 is 0 Å². The Morgan fingerprint density at radius 2 is 2.14 bits per heavy atom. The van der Waals surface area contributed by atoms with Crippen LogP contribution in [0.1, 0.15) is 20.3 Å². The molecule has 1 aromatic heterocycles. The summed E-state index contributed by atoms with van der Waals surface area (Å²) in [7, 11) is 0. The van der Waals surface area contributed by atoms with Gasteiger partial charge in [0.05, 0.1) is 18.1 Å². The summed E-state index contributed by atoms with van der Waals surface area (Å²) in [5.41, 5.74) is 0.834. The van der Waals surface area contributed by atoms with Gasteiger partial charge in [-0.25, -0.2) is 4.68 Å². The lowest BCUT2D eigenvalue weighted by molar-refractivity contribution is 0.221. The third kappa shape index (κ3) is 5.31. The Labute approximate surface area is 144 Å². The SMILES string of the molecule is CCC(C)NC(=S)Nc1cnn(COc2ccc(Br)cc2)c1. The molecular formula is C15H19BrN4OS. The first-order chi connectivity index (χ1) is 10.6. The molecule has 0 amide bonds. The third-order valence-corrected chi connectivity index (χ3v) is 3.81. The summed E-state index contributed by atoms with van der Waals surface area (Å²) < 4.78 is 8.38. The van der Waals surface area contributed by atoms with Crippen LogP contribution >= 0.6 is 28.1 Å². The van der Waals surface area contributed by atoms with Gasteiger partial charge in [-0.05, 0) is 49.8 Å². The molecule has 0 radical (unpaired) electrons. The lowest BCUT2D eigenvalue weighted by Crippen LogP contribution is -2.35. The van der Waals surface area contributed by atoms with Crippen molar-refractivity contribution in [3.05, 3.63) is 41.1 Å². The van der Waals surface area contributed by atoms with Crippen molar-refractivity contribution in [1.82, 2.24) is 15.1 Å². The minimum Gasteiger partial charge on any atom is -0.471 e. The Bertz CT molecular complexity index is 614. The summed E-state index contributed by atoms with van der Waals surface area (Å²) in [6.07, 6.45) is 4.58. The predicted molar refractivity (Wildman–Crippen MR) is 96.1 cm³/mol. The number of rotatable bonds is 6. The van der Waals surface area contributed by atoms with Gasteiger partial charge in [0.2, 0.25) is 0 Å². The van der Waals surface area contributed by atoms with Crippen LogP contribution in [0.3, 0.4) is 0 Å². The van der Waals surface area contributed by atoms with E-state index in [1.54, 1.807) is 10.9 Å². The highest BCUT2D eigenvalue weighted by Gasteiger charge is 2.04. The Morgan fingerprint density at radius 1 is 1.41 bits per heavy atom. The normalized spacial score (nSPS) is 11.8. The maximum Gasteiger partial charge on any atom is 0.180 e. The van der Waals surface area contributed by atoms with Gasteiger partial charge in [-0.3, -0.25) is 0 Å². The quantitative estimate of drug-likeness (QED) is 0.744. The van der Waals surface area contributed by atoms with Crippen molar-refractivity contribution in [1.29, 1.82) is 0 Å². The highest BCUT2D eigenvalue weighted by atomic mass is 79.9. The molecule has 2 rings (SSSR count). The lowest BCUT2D eigenvalue weighted by atomic mass is 10.3. The minimum atomic E-state index is 0.342. The molecule has 1 heterocycles. The zero-order chi connectivity index (χ0) is 15.9. The van der Waals surface area contributed by atoms with E-state index in [0.29, 0.717) is 17.9 Å². The summed E-state index contributed by atoms with van der Waals surface area (Å²) in [5, 5.41) is 11.1. The lowest BCUT2D eigenvalue weighted by Gasteiger charge is -2.14. The maximum atomic E-state index is 5.65. The van der Waals surface area contributed by atoms with E-state index in [4.69, 9.17) is 17.0 Å². The van der Waals surface area contributed by atoms with Crippen LogP contribution in [0.5, 0.6) is 5.75 Å². The highest BCUT2D eigenvalue weighted by molar-refractivity contribution is 9.10. The largest absolute Gasteiger partial charge is 0.471 e. The van der Waals surface area contributed by atoms with Crippen LogP contribution in [-0.2, 0) is 6.73 Å². The molecule has 0 aliphatic heterocycles. The molecule has 0 bridgehead atoms. The Morgan fingerprint density at radius 3 is 2.82 bits per heavy atom. The topological polar surface area (TPSA) is 51.1 Å². The second kappa shape index (κ2) is 8.14. The van der Waals surface area contributed by atoms with Gasteiger partial charge in [-0.15, -0.1) is 0 Å². The number of nitrogens with zero attached hydrogens (tertiary/aromatic N) is 2. The van der Waals surface area contributed by atoms with E-state index in [1.807, 2.05) is 30.5 Å². The molecule has 5 nitrogen and oxygen atoms in total. The summed E-state index contributed by atoms with van der Waals surface area (Å²) >= 11 is 8.64. The van der Waals surface area contributed by atoms with Crippen molar-refractivity contribution in [2.75, 3.05) is 5.32 Å². The van der Waals surface area contributed by atoms with Crippen LogP contribution in [0.25, 0.3) is 0 Å². The van der Waals surface area contributed by atoms with E-state index in [-0.39, 0.29) is 0 Å². The van der Waals surface area contributed by atoms with Gasteiger partial charge in [-0.2, -0.15) is 5.10 Å². The van der Waals surface area contributed by atoms with Crippen LogP contribution in [0, 0.1) is 0 Å². The molecule has 0 fully saturated rings. The number of anilines is 1. The molecule has 22 heavy (non-hydrogen) atoms. The molecule has 0 aliphatic rings. The highest BCUT2D eigenvalue weighted by Crippen LogP contribution is 2.16. The standard InChI is InChI=1S/C15H19BrN4OS/c1-3-11(2)18-15(22)19-13-8-17-20(9-13)10-21-14-6-4-12(16)5-7-14/h4-9,11H,3,10H2,1-2H3,(H2,18,19,22). The molecule has 118 valence electrons. The summed E-state index contributed by atoms with van der Waals surface area (Å²) in [6, 6.07) is 8.01. The first kappa shape index (κ1) is 16.8. The first-order valence-corrected chi connectivity index (χ1v) is 8.25. The van der Waals surface area contributed by atoms with E-state index < -0.39 is 0 Å². The molecule has 0 saturated heterocycles. The fourth-order valence-electron chi connectivity index (χ4n) is 1.66. The average Bonchev–Trinajstić information content (AvgIpc) is 2.93. The predicted octanol–water partition coefficient (Wildman–Crippen LogP) is 3.77. The van der Waals surface area contributed by atoms with Crippen molar-refractivity contribution in [2.45, 2.75) is 33.0 Å². The van der Waals surface area contributed by atoms with Gasteiger partial charge in [0.1, 0.15) is 5.75 Å². The summed E-state index contributed by atoms with van der Waals surface area (Å²) in [6.45, 7) is 4.54. The number of hydrogen-bond acceptors (Lipinski definition) is 3. The fraction of sp³-hybridized carbons (Fsp3) is 0.333. The number of benzene rings is 1. The van der Waals surface area contributed by atoms with E-state index in [2.05, 4.69) is 45.5 Å². The van der Waals surface area contributed by atoms with Gasteiger partial charge >= 0.3 is 0 Å². The van der Waals surface area contributed by atoms with E-state index in [9.17, 15) is 0 Å².